The Balaban J connectivity index is 2.60. The van der Waals surface area contributed by atoms with Gasteiger partial charge in [0.2, 0.25) is 0 Å². The van der Waals surface area contributed by atoms with E-state index in [2.05, 4.69) is 5.10 Å². The summed E-state index contributed by atoms with van der Waals surface area (Å²) < 4.78 is 2.07. The Morgan fingerprint density at radius 1 is 1.79 bits per heavy atom. The molecule has 0 saturated carbocycles. The van der Waals surface area contributed by atoms with Crippen molar-refractivity contribution in [1.82, 2.24) is 9.78 Å². The Kier molecular flexibility index (Phi) is 1.94. The minimum atomic E-state index is -0.968. The summed E-state index contributed by atoms with van der Waals surface area (Å²) in [5.41, 5.74) is 0.991. The van der Waals surface area contributed by atoms with Gasteiger partial charge in [-0.1, -0.05) is 0 Å². The Hall–Kier alpha value is -1.87. The predicted molar refractivity (Wildman–Crippen MR) is 50.0 cm³/mol. The van der Waals surface area contributed by atoms with Crippen LogP contribution in [0.5, 0.6) is 0 Å². The highest BCUT2D eigenvalue weighted by Crippen LogP contribution is 2.23. The highest BCUT2D eigenvalue weighted by atomic mass is 32.1. The number of carboxylic acids is 1. The fourth-order valence-corrected chi connectivity index (χ4v) is 2.05. The lowest BCUT2D eigenvalue weighted by atomic mass is 10.4. The summed E-state index contributed by atoms with van der Waals surface area (Å²) in [4.78, 5) is 10.5. The van der Waals surface area contributed by atoms with E-state index in [-0.39, 0.29) is 12.2 Å². The van der Waals surface area contributed by atoms with Crippen molar-refractivity contribution in [3.8, 4) is 6.07 Å². The molecule has 0 aromatic carbocycles. The number of nitriles is 1. The summed E-state index contributed by atoms with van der Waals surface area (Å²) in [7, 11) is 0. The normalized spacial score (nSPS) is 10.2. The molecule has 1 N–H and O–H groups in total. The molecule has 0 saturated heterocycles. The molecular formula is C8H5N3O2S. The first-order chi connectivity index (χ1) is 6.72. The van der Waals surface area contributed by atoms with Gasteiger partial charge < -0.3 is 5.11 Å². The summed E-state index contributed by atoms with van der Waals surface area (Å²) in [5, 5.41) is 23.0. The summed E-state index contributed by atoms with van der Waals surface area (Å²) in [6.45, 7) is -0.213. The van der Waals surface area contributed by atoms with Gasteiger partial charge in [0.15, 0.2) is 5.69 Å². The standard InChI is InChI=1S/C8H5N3O2S/c9-3-5-8-6(1-2-14-8)11(10-5)4-7(12)13/h1-2H,4H2,(H,12,13). The van der Waals surface area contributed by atoms with Crippen LogP contribution in [0.4, 0.5) is 0 Å². The number of carbonyl (C=O) groups is 1. The molecule has 0 bridgehead atoms. The van der Waals surface area contributed by atoms with Gasteiger partial charge in [0.25, 0.3) is 0 Å². The molecule has 0 unspecified atom stereocenters. The topological polar surface area (TPSA) is 78.9 Å². The molecule has 2 aromatic rings. The zero-order chi connectivity index (χ0) is 10.1. The molecule has 0 aliphatic rings. The molecule has 5 nitrogen and oxygen atoms in total. The first-order valence-corrected chi connectivity index (χ1v) is 4.66. The maximum atomic E-state index is 10.5. The molecule has 2 rings (SSSR count). The second-order valence-corrected chi connectivity index (χ2v) is 3.56. The van der Waals surface area contributed by atoms with Gasteiger partial charge in [0, 0.05) is 0 Å². The van der Waals surface area contributed by atoms with Crippen molar-refractivity contribution < 1.29 is 9.90 Å². The number of carboxylic acid groups (broad SMARTS) is 1. The van der Waals surface area contributed by atoms with Gasteiger partial charge in [0.05, 0.1) is 10.2 Å². The Morgan fingerprint density at radius 2 is 2.57 bits per heavy atom. The third-order valence-electron chi connectivity index (χ3n) is 1.75. The zero-order valence-electron chi connectivity index (χ0n) is 6.97. The van der Waals surface area contributed by atoms with Gasteiger partial charge in [-0.15, -0.1) is 11.3 Å². The van der Waals surface area contributed by atoms with Crippen LogP contribution >= 0.6 is 11.3 Å². The van der Waals surface area contributed by atoms with Gasteiger partial charge in [-0.2, -0.15) is 10.4 Å². The molecule has 2 heterocycles. The maximum absolute atomic E-state index is 10.5. The van der Waals surface area contributed by atoms with E-state index in [9.17, 15) is 4.79 Å². The lowest BCUT2D eigenvalue weighted by Gasteiger charge is -1.94. The van der Waals surface area contributed by atoms with Gasteiger partial charge in [-0.3, -0.25) is 9.48 Å². The van der Waals surface area contributed by atoms with Crippen molar-refractivity contribution >= 4 is 27.5 Å². The highest BCUT2D eigenvalue weighted by Gasteiger charge is 2.12. The molecule has 0 aliphatic carbocycles. The van der Waals surface area contributed by atoms with Crippen molar-refractivity contribution in [2.45, 2.75) is 6.54 Å². The van der Waals surface area contributed by atoms with Crippen LogP contribution in [-0.2, 0) is 11.3 Å². The van der Waals surface area contributed by atoms with Crippen molar-refractivity contribution in [1.29, 1.82) is 5.26 Å². The minimum Gasteiger partial charge on any atom is -0.480 e. The van der Waals surface area contributed by atoms with Gasteiger partial charge in [-0.05, 0) is 11.4 Å². The highest BCUT2D eigenvalue weighted by molar-refractivity contribution is 7.17. The van der Waals surface area contributed by atoms with Gasteiger partial charge in [0.1, 0.15) is 12.6 Å². The summed E-state index contributed by atoms with van der Waals surface area (Å²) in [6, 6.07) is 3.70. The molecule has 2 aromatic heterocycles. The van der Waals surface area contributed by atoms with E-state index in [1.165, 1.54) is 16.0 Å². The fraction of sp³-hybridized carbons (Fsp3) is 0.125. The van der Waals surface area contributed by atoms with Crippen molar-refractivity contribution in [3.63, 3.8) is 0 Å². The molecule has 0 radical (unpaired) electrons. The lowest BCUT2D eigenvalue weighted by molar-refractivity contribution is -0.137. The number of thiophene rings is 1. The van der Waals surface area contributed by atoms with Crippen LogP contribution in [0.25, 0.3) is 10.2 Å². The first-order valence-electron chi connectivity index (χ1n) is 3.78. The number of hydrogen-bond acceptors (Lipinski definition) is 4. The summed E-state index contributed by atoms with van der Waals surface area (Å²) in [5.74, 6) is -0.968. The molecule has 0 amide bonds. The average Bonchev–Trinajstić information content (AvgIpc) is 2.67. The SMILES string of the molecule is N#Cc1nn(CC(=O)O)c2ccsc12. The van der Waals surface area contributed by atoms with Crippen molar-refractivity contribution in [3.05, 3.63) is 17.1 Å². The second kappa shape index (κ2) is 3.12. The van der Waals surface area contributed by atoms with Crippen LogP contribution in [0.15, 0.2) is 11.4 Å². The number of aliphatic carboxylic acids is 1. The minimum absolute atomic E-state index is 0.213. The predicted octanol–water partition coefficient (Wildman–Crippen LogP) is 1.05. The fourth-order valence-electron chi connectivity index (χ4n) is 1.22. The van der Waals surface area contributed by atoms with E-state index in [0.717, 1.165) is 4.70 Å². The molecule has 0 fully saturated rings. The molecule has 6 heteroatoms. The molecule has 70 valence electrons. The van der Waals surface area contributed by atoms with Gasteiger partial charge >= 0.3 is 5.97 Å². The van der Waals surface area contributed by atoms with Crippen LogP contribution in [-0.4, -0.2) is 20.9 Å². The van der Waals surface area contributed by atoms with Gasteiger partial charge in [-0.25, -0.2) is 0 Å². The van der Waals surface area contributed by atoms with Crippen molar-refractivity contribution in [2.24, 2.45) is 0 Å². The zero-order valence-corrected chi connectivity index (χ0v) is 7.78. The van der Waals surface area contributed by atoms with E-state index in [4.69, 9.17) is 10.4 Å². The quantitative estimate of drug-likeness (QED) is 0.798. The smallest absolute Gasteiger partial charge is 0.325 e. The third-order valence-corrected chi connectivity index (χ3v) is 2.66. The number of aromatic nitrogens is 2. The van der Waals surface area contributed by atoms with Crippen LogP contribution in [0.3, 0.4) is 0 Å². The molecule has 0 spiro atoms. The summed E-state index contributed by atoms with van der Waals surface area (Å²) >= 11 is 1.39. The van der Waals surface area contributed by atoms with E-state index in [1.54, 1.807) is 6.07 Å². The molecule has 0 aliphatic heterocycles. The molecule has 14 heavy (non-hydrogen) atoms. The van der Waals surface area contributed by atoms with E-state index < -0.39 is 5.97 Å². The van der Waals surface area contributed by atoms with E-state index >= 15 is 0 Å². The van der Waals surface area contributed by atoms with Crippen LogP contribution in [0, 0.1) is 11.3 Å². The maximum Gasteiger partial charge on any atom is 0.325 e. The Morgan fingerprint density at radius 3 is 3.21 bits per heavy atom. The number of hydrogen-bond donors (Lipinski definition) is 1. The molecular weight excluding hydrogens is 202 g/mol. The second-order valence-electron chi connectivity index (χ2n) is 2.65. The number of nitrogens with zero attached hydrogens (tertiary/aromatic N) is 3. The number of fused-ring (bicyclic) bond motifs is 1. The molecule has 0 atom stereocenters. The van der Waals surface area contributed by atoms with Crippen molar-refractivity contribution in [2.75, 3.05) is 0 Å². The first kappa shape index (κ1) is 8.72. The monoisotopic (exact) mass is 207 g/mol. The lowest BCUT2D eigenvalue weighted by Crippen LogP contribution is -2.09. The largest absolute Gasteiger partial charge is 0.480 e. The Labute approximate surface area is 82.8 Å². The van der Waals surface area contributed by atoms with Crippen LogP contribution in [0.1, 0.15) is 5.69 Å². The van der Waals surface area contributed by atoms with E-state index in [0.29, 0.717) is 5.52 Å². The van der Waals surface area contributed by atoms with E-state index in [1.807, 2.05) is 11.4 Å². The Bertz CT molecular complexity index is 534. The van der Waals surface area contributed by atoms with Crippen LogP contribution < -0.4 is 0 Å². The average molecular weight is 207 g/mol. The third kappa shape index (κ3) is 1.24. The number of rotatable bonds is 2. The summed E-state index contributed by atoms with van der Waals surface area (Å²) in [6.07, 6.45) is 0. The van der Waals surface area contributed by atoms with Crippen LogP contribution in [0.2, 0.25) is 0 Å².